The highest BCUT2D eigenvalue weighted by Crippen LogP contribution is 2.36. The minimum absolute atomic E-state index is 0.271. The predicted octanol–water partition coefficient (Wildman–Crippen LogP) is 6.56. The fourth-order valence-electron chi connectivity index (χ4n) is 4.03. The number of carboxylic acid groups (broad SMARTS) is 1. The highest BCUT2D eigenvalue weighted by molar-refractivity contribution is 7.10. The van der Waals surface area contributed by atoms with Crippen molar-refractivity contribution < 1.29 is 9.90 Å². The number of nitrogens with zero attached hydrogens (tertiary/aromatic N) is 1. The van der Waals surface area contributed by atoms with Crippen molar-refractivity contribution >= 4 is 28.9 Å². The summed E-state index contributed by atoms with van der Waals surface area (Å²) in [6.07, 6.45) is 5.94. The van der Waals surface area contributed by atoms with Crippen molar-refractivity contribution in [1.29, 1.82) is 0 Å². The van der Waals surface area contributed by atoms with Gasteiger partial charge in [0, 0.05) is 22.5 Å². The molecule has 1 aromatic carbocycles. The number of hydrogen-bond donors (Lipinski definition) is 1. The van der Waals surface area contributed by atoms with E-state index < -0.39 is 11.4 Å². The summed E-state index contributed by atoms with van der Waals surface area (Å²) in [5, 5.41) is 12.4. The number of benzene rings is 1. The number of thiophene rings is 1. The number of fused-ring (bicyclic) bond motifs is 1. The normalized spacial score (nSPS) is 16.4. The lowest BCUT2D eigenvalue weighted by molar-refractivity contribution is -0.147. The molecule has 0 bridgehead atoms. The maximum Gasteiger partial charge on any atom is 0.309 e. The van der Waals surface area contributed by atoms with Gasteiger partial charge in [0.05, 0.1) is 5.41 Å². The zero-order valence-electron chi connectivity index (χ0n) is 16.8. The van der Waals surface area contributed by atoms with E-state index >= 15 is 0 Å². The molecule has 1 atom stereocenters. The van der Waals surface area contributed by atoms with Crippen LogP contribution in [-0.4, -0.2) is 22.5 Å². The first-order valence-electron chi connectivity index (χ1n) is 10.2. The number of carboxylic acids is 1. The number of halogens is 1. The van der Waals surface area contributed by atoms with E-state index in [1.807, 2.05) is 37.3 Å². The van der Waals surface area contributed by atoms with Crippen LogP contribution in [0.4, 0.5) is 0 Å². The first-order chi connectivity index (χ1) is 13.4. The molecule has 1 aliphatic heterocycles. The molecule has 3 rings (SSSR count). The van der Waals surface area contributed by atoms with Crippen molar-refractivity contribution in [2.45, 2.75) is 65.0 Å². The predicted molar refractivity (Wildman–Crippen MR) is 117 cm³/mol. The molecule has 2 heterocycles. The van der Waals surface area contributed by atoms with Crippen molar-refractivity contribution in [2.24, 2.45) is 5.41 Å². The Bertz CT molecular complexity index is 801. The molecule has 0 radical (unpaired) electrons. The largest absolute Gasteiger partial charge is 0.481 e. The molecule has 152 valence electrons. The van der Waals surface area contributed by atoms with Gasteiger partial charge in [-0.15, -0.1) is 11.3 Å². The van der Waals surface area contributed by atoms with Crippen LogP contribution in [0, 0.1) is 5.41 Å². The lowest BCUT2D eigenvalue weighted by atomic mass is 9.86. The van der Waals surface area contributed by atoms with Gasteiger partial charge < -0.3 is 5.11 Å². The smallest absolute Gasteiger partial charge is 0.309 e. The third-order valence-corrected chi connectivity index (χ3v) is 7.24. The fraction of sp³-hybridized carbons (Fsp3) is 0.522. The first kappa shape index (κ1) is 21.4. The van der Waals surface area contributed by atoms with E-state index in [2.05, 4.69) is 28.5 Å². The zero-order chi connectivity index (χ0) is 20.1. The summed E-state index contributed by atoms with van der Waals surface area (Å²) in [5.74, 6) is -0.715. The third-order valence-electron chi connectivity index (χ3n) is 5.87. The Hall–Kier alpha value is -1.36. The second kappa shape index (κ2) is 9.43. The topological polar surface area (TPSA) is 40.5 Å². The highest BCUT2D eigenvalue weighted by atomic mass is 35.5. The Morgan fingerprint density at radius 3 is 2.82 bits per heavy atom. The van der Waals surface area contributed by atoms with Gasteiger partial charge in [-0.2, -0.15) is 0 Å². The molecular formula is C23H30ClNO2S. The van der Waals surface area contributed by atoms with Crippen LogP contribution >= 0.6 is 22.9 Å². The Morgan fingerprint density at radius 2 is 2.07 bits per heavy atom. The third kappa shape index (κ3) is 5.16. The van der Waals surface area contributed by atoms with Crippen LogP contribution in [0.5, 0.6) is 0 Å². The molecule has 5 heteroatoms. The number of aliphatic carboxylic acids is 1. The van der Waals surface area contributed by atoms with E-state index in [4.69, 9.17) is 11.6 Å². The van der Waals surface area contributed by atoms with Crippen molar-refractivity contribution in [3.05, 3.63) is 56.7 Å². The summed E-state index contributed by atoms with van der Waals surface area (Å²) in [7, 11) is 0. The van der Waals surface area contributed by atoms with E-state index in [0.717, 1.165) is 43.8 Å². The summed E-state index contributed by atoms with van der Waals surface area (Å²) in [5.41, 5.74) is 1.99. The van der Waals surface area contributed by atoms with Gasteiger partial charge in [-0.05, 0) is 74.7 Å². The Kier molecular flexibility index (Phi) is 7.19. The summed E-state index contributed by atoms with van der Waals surface area (Å²) < 4.78 is 0. The average molecular weight is 420 g/mol. The summed E-state index contributed by atoms with van der Waals surface area (Å²) in [4.78, 5) is 15.5. The summed E-state index contributed by atoms with van der Waals surface area (Å²) >= 11 is 8.45. The second-order valence-corrected chi connectivity index (χ2v) is 9.82. The lowest BCUT2D eigenvalue weighted by Gasteiger charge is -2.32. The quantitative estimate of drug-likeness (QED) is 0.492. The molecule has 0 spiro atoms. The van der Waals surface area contributed by atoms with Crippen LogP contribution in [-0.2, 0) is 17.8 Å². The van der Waals surface area contributed by atoms with Gasteiger partial charge in [-0.25, -0.2) is 0 Å². The van der Waals surface area contributed by atoms with E-state index in [9.17, 15) is 9.90 Å². The van der Waals surface area contributed by atoms with E-state index in [0.29, 0.717) is 6.42 Å². The lowest BCUT2D eigenvalue weighted by Crippen LogP contribution is -2.29. The van der Waals surface area contributed by atoms with Crippen LogP contribution < -0.4 is 0 Å². The molecule has 28 heavy (non-hydrogen) atoms. The maximum atomic E-state index is 11.4. The number of unbranched alkanes of at least 4 members (excludes halogenated alkanes) is 1. The number of carbonyl (C=O) groups is 1. The van der Waals surface area contributed by atoms with Gasteiger partial charge in [-0.1, -0.05) is 42.6 Å². The van der Waals surface area contributed by atoms with E-state index in [1.54, 1.807) is 0 Å². The summed E-state index contributed by atoms with van der Waals surface area (Å²) in [6.45, 7) is 5.66. The average Bonchev–Trinajstić information content (AvgIpc) is 3.00. The number of rotatable bonds is 8. The zero-order valence-corrected chi connectivity index (χ0v) is 18.4. The molecule has 0 aliphatic carbocycles. The number of hydrogen-bond acceptors (Lipinski definition) is 3. The van der Waals surface area contributed by atoms with E-state index in [1.165, 1.54) is 22.4 Å². The van der Waals surface area contributed by atoms with Crippen molar-refractivity contribution in [3.8, 4) is 0 Å². The molecule has 1 aliphatic rings. The minimum atomic E-state index is -0.715. The van der Waals surface area contributed by atoms with Gasteiger partial charge in [0.15, 0.2) is 0 Å². The molecule has 3 nitrogen and oxygen atoms in total. The maximum absolute atomic E-state index is 11.4. The van der Waals surface area contributed by atoms with Gasteiger partial charge in [0.25, 0.3) is 0 Å². The summed E-state index contributed by atoms with van der Waals surface area (Å²) in [6, 6.07) is 10.7. The van der Waals surface area contributed by atoms with Gasteiger partial charge in [0.2, 0.25) is 0 Å². The van der Waals surface area contributed by atoms with Crippen LogP contribution in [0.3, 0.4) is 0 Å². The van der Waals surface area contributed by atoms with Crippen molar-refractivity contribution in [1.82, 2.24) is 4.90 Å². The van der Waals surface area contributed by atoms with E-state index in [-0.39, 0.29) is 6.04 Å². The van der Waals surface area contributed by atoms with Crippen molar-refractivity contribution in [3.63, 3.8) is 0 Å². The van der Waals surface area contributed by atoms with Crippen LogP contribution in [0.2, 0.25) is 5.02 Å². The van der Waals surface area contributed by atoms with Crippen LogP contribution in [0.25, 0.3) is 0 Å². The monoisotopic (exact) mass is 419 g/mol. The molecule has 0 amide bonds. The van der Waals surface area contributed by atoms with Gasteiger partial charge >= 0.3 is 5.97 Å². The highest BCUT2D eigenvalue weighted by Gasteiger charge is 2.28. The first-order valence-corrected chi connectivity index (χ1v) is 11.4. The molecule has 0 fully saturated rings. The van der Waals surface area contributed by atoms with Crippen LogP contribution in [0.1, 0.15) is 68.0 Å². The molecular weight excluding hydrogens is 390 g/mol. The molecule has 2 aromatic rings. The molecule has 1 N–H and O–H groups in total. The van der Waals surface area contributed by atoms with Crippen molar-refractivity contribution in [2.75, 3.05) is 6.54 Å². The van der Waals surface area contributed by atoms with Gasteiger partial charge in [-0.3, -0.25) is 9.69 Å². The standard InChI is InChI=1S/C23H30ClNO2S/c1-23(2,22(26)27)13-6-5-10-20(18-8-3-4-9-19(18)24)25-14-7-11-21-17(16-25)12-15-28-21/h3-4,8-9,12,15,20H,5-7,10-11,13-14,16H2,1-2H3,(H,26,27). The Balaban J connectivity index is 1.73. The molecule has 0 saturated heterocycles. The van der Waals surface area contributed by atoms with Crippen LogP contribution in [0.15, 0.2) is 35.7 Å². The van der Waals surface area contributed by atoms with Gasteiger partial charge in [0.1, 0.15) is 0 Å². The second-order valence-electron chi connectivity index (χ2n) is 8.42. The minimum Gasteiger partial charge on any atom is -0.481 e. The Morgan fingerprint density at radius 1 is 1.29 bits per heavy atom. The Labute approximate surface area is 177 Å². The SMILES string of the molecule is CC(C)(CCCCC(c1ccccc1Cl)N1CCCc2sccc2C1)C(=O)O. The molecule has 1 unspecified atom stereocenters. The number of aryl methyl sites for hydroxylation is 1. The molecule has 1 aromatic heterocycles. The fourth-order valence-corrected chi connectivity index (χ4v) is 5.23. The molecule has 0 saturated carbocycles.